The van der Waals surface area contributed by atoms with Crippen LogP contribution in [0, 0.1) is 0 Å². The smallest absolute Gasteiger partial charge is 0.242 e. The molecule has 26 heavy (non-hydrogen) atoms. The van der Waals surface area contributed by atoms with Gasteiger partial charge in [0, 0.05) is 25.5 Å². The van der Waals surface area contributed by atoms with Crippen molar-refractivity contribution in [2.75, 3.05) is 18.2 Å². The molecule has 1 aromatic carbocycles. The molecule has 5 nitrogen and oxygen atoms in total. The van der Waals surface area contributed by atoms with Gasteiger partial charge in [0.2, 0.25) is 11.8 Å². The number of thioether (sulfide) groups is 1. The van der Waals surface area contributed by atoms with Crippen LogP contribution in [0.15, 0.2) is 48.8 Å². The molecule has 0 N–H and O–H groups in total. The summed E-state index contributed by atoms with van der Waals surface area (Å²) in [6, 6.07) is 12.2. The van der Waals surface area contributed by atoms with Gasteiger partial charge in [-0.2, -0.15) is 0 Å². The number of carbonyl (C=O) groups is 2. The third-order valence-electron chi connectivity index (χ3n) is 4.41. The number of benzene rings is 1. The lowest BCUT2D eigenvalue weighted by Crippen LogP contribution is -2.40. The van der Waals surface area contributed by atoms with E-state index in [2.05, 4.69) is 36.2 Å². The van der Waals surface area contributed by atoms with E-state index in [-0.39, 0.29) is 18.4 Å². The molecular weight excluding hydrogens is 346 g/mol. The molecule has 2 heterocycles. The summed E-state index contributed by atoms with van der Waals surface area (Å²) in [7, 11) is 0. The third-order valence-corrected chi connectivity index (χ3v) is 5.35. The van der Waals surface area contributed by atoms with Crippen molar-refractivity contribution in [3.8, 4) is 0 Å². The van der Waals surface area contributed by atoms with Crippen molar-refractivity contribution >= 4 is 23.6 Å². The highest BCUT2D eigenvalue weighted by atomic mass is 32.2. The summed E-state index contributed by atoms with van der Waals surface area (Å²) in [5, 5.41) is 0. The van der Waals surface area contributed by atoms with Crippen molar-refractivity contribution in [2.24, 2.45) is 0 Å². The van der Waals surface area contributed by atoms with Gasteiger partial charge in [-0.3, -0.25) is 14.6 Å². The lowest BCUT2D eigenvalue weighted by molar-refractivity contribution is -0.138. The van der Waals surface area contributed by atoms with Crippen LogP contribution in [-0.4, -0.2) is 44.8 Å². The van der Waals surface area contributed by atoms with Crippen molar-refractivity contribution in [2.45, 2.75) is 26.4 Å². The van der Waals surface area contributed by atoms with Gasteiger partial charge in [-0.15, -0.1) is 11.8 Å². The molecule has 3 rings (SSSR count). The number of aromatic nitrogens is 1. The Balaban J connectivity index is 1.73. The highest BCUT2D eigenvalue weighted by Crippen LogP contribution is 2.17. The standard InChI is InChI=1S/C20H23N3O2S/c1-2-16-5-7-17(8-6-16)11-22(12-18-4-3-9-21-10-18)19(24)13-23-15-26-14-20(23)25/h3-10H,2,11-15H2,1H3. The second-order valence-electron chi connectivity index (χ2n) is 6.35. The normalized spacial score (nSPS) is 13.9. The quantitative estimate of drug-likeness (QED) is 0.753. The molecule has 2 aromatic rings. The van der Waals surface area contributed by atoms with Gasteiger partial charge >= 0.3 is 0 Å². The molecule has 0 saturated carbocycles. The van der Waals surface area contributed by atoms with Crippen LogP contribution in [-0.2, 0) is 29.1 Å². The molecule has 136 valence electrons. The fourth-order valence-corrected chi connectivity index (χ4v) is 3.75. The number of rotatable bonds is 7. The van der Waals surface area contributed by atoms with Crippen LogP contribution in [0.2, 0.25) is 0 Å². The van der Waals surface area contributed by atoms with E-state index in [0.717, 1.165) is 17.5 Å². The van der Waals surface area contributed by atoms with Crippen molar-refractivity contribution < 1.29 is 9.59 Å². The molecule has 1 aromatic heterocycles. The van der Waals surface area contributed by atoms with E-state index in [1.807, 2.05) is 12.1 Å². The Bertz CT molecular complexity index is 749. The summed E-state index contributed by atoms with van der Waals surface area (Å²) in [4.78, 5) is 32.3. The van der Waals surface area contributed by atoms with Gasteiger partial charge in [0.15, 0.2) is 0 Å². The van der Waals surface area contributed by atoms with Crippen molar-refractivity contribution in [3.05, 3.63) is 65.5 Å². The third kappa shape index (κ3) is 4.85. The lowest BCUT2D eigenvalue weighted by Gasteiger charge is -2.25. The second kappa shape index (κ2) is 8.85. The minimum Gasteiger partial charge on any atom is -0.332 e. The largest absolute Gasteiger partial charge is 0.332 e. The van der Waals surface area contributed by atoms with Gasteiger partial charge < -0.3 is 9.80 Å². The monoisotopic (exact) mass is 369 g/mol. The summed E-state index contributed by atoms with van der Waals surface area (Å²) >= 11 is 1.55. The lowest BCUT2D eigenvalue weighted by atomic mass is 10.1. The molecular formula is C20H23N3O2S. The average Bonchev–Trinajstić information content (AvgIpc) is 3.07. The molecule has 1 saturated heterocycles. The summed E-state index contributed by atoms with van der Waals surface area (Å²) in [5.74, 6) is 1.06. The van der Waals surface area contributed by atoms with Crippen LogP contribution < -0.4 is 0 Å². The summed E-state index contributed by atoms with van der Waals surface area (Å²) in [5.41, 5.74) is 3.34. The van der Waals surface area contributed by atoms with E-state index in [1.165, 1.54) is 5.56 Å². The molecule has 0 radical (unpaired) electrons. The first-order valence-corrected chi connectivity index (χ1v) is 9.91. The maximum absolute atomic E-state index is 12.9. The van der Waals surface area contributed by atoms with Crippen molar-refractivity contribution in [1.82, 2.24) is 14.8 Å². The van der Waals surface area contributed by atoms with E-state index in [0.29, 0.717) is 24.7 Å². The summed E-state index contributed by atoms with van der Waals surface area (Å²) in [6.45, 7) is 3.27. The molecule has 0 spiro atoms. The number of nitrogens with zero attached hydrogens (tertiary/aromatic N) is 3. The van der Waals surface area contributed by atoms with Gasteiger partial charge in [-0.05, 0) is 29.2 Å². The first-order valence-electron chi connectivity index (χ1n) is 8.75. The van der Waals surface area contributed by atoms with Crippen LogP contribution in [0.4, 0.5) is 0 Å². The zero-order valence-electron chi connectivity index (χ0n) is 14.9. The van der Waals surface area contributed by atoms with Gasteiger partial charge in [0.1, 0.15) is 6.54 Å². The van der Waals surface area contributed by atoms with Crippen LogP contribution in [0.3, 0.4) is 0 Å². The topological polar surface area (TPSA) is 53.5 Å². The SMILES string of the molecule is CCc1ccc(CN(Cc2cccnc2)C(=O)CN2CSCC2=O)cc1. The predicted octanol–water partition coefficient (Wildman–Crippen LogP) is 2.71. The van der Waals surface area contributed by atoms with E-state index < -0.39 is 0 Å². The number of hydrogen-bond acceptors (Lipinski definition) is 4. The Morgan fingerprint density at radius 2 is 1.88 bits per heavy atom. The number of carbonyl (C=O) groups excluding carboxylic acids is 2. The molecule has 0 aliphatic carbocycles. The van der Waals surface area contributed by atoms with Crippen LogP contribution in [0.5, 0.6) is 0 Å². The molecule has 1 aliphatic rings. The Morgan fingerprint density at radius 1 is 1.15 bits per heavy atom. The van der Waals surface area contributed by atoms with E-state index in [4.69, 9.17) is 0 Å². The van der Waals surface area contributed by atoms with E-state index >= 15 is 0 Å². The molecule has 0 atom stereocenters. The number of aryl methyl sites for hydroxylation is 1. The maximum Gasteiger partial charge on any atom is 0.242 e. The van der Waals surface area contributed by atoms with E-state index in [1.54, 1.807) is 34.0 Å². The van der Waals surface area contributed by atoms with Gasteiger partial charge in [0.05, 0.1) is 11.6 Å². The zero-order valence-corrected chi connectivity index (χ0v) is 15.7. The highest BCUT2D eigenvalue weighted by molar-refractivity contribution is 8.00. The first kappa shape index (κ1) is 18.5. The van der Waals surface area contributed by atoms with Gasteiger partial charge in [-0.1, -0.05) is 37.3 Å². The Morgan fingerprint density at radius 3 is 2.50 bits per heavy atom. The summed E-state index contributed by atoms with van der Waals surface area (Å²) < 4.78 is 0. The number of hydrogen-bond donors (Lipinski definition) is 0. The molecule has 0 bridgehead atoms. The van der Waals surface area contributed by atoms with Crippen LogP contribution >= 0.6 is 11.8 Å². The maximum atomic E-state index is 12.9. The zero-order chi connectivity index (χ0) is 18.4. The van der Waals surface area contributed by atoms with Gasteiger partial charge in [0.25, 0.3) is 0 Å². The van der Waals surface area contributed by atoms with Crippen molar-refractivity contribution in [1.29, 1.82) is 0 Å². The number of pyridine rings is 1. The second-order valence-corrected chi connectivity index (χ2v) is 7.31. The van der Waals surface area contributed by atoms with Crippen LogP contribution in [0.1, 0.15) is 23.6 Å². The van der Waals surface area contributed by atoms with Crippen molar-refractivity contribution in [3.63, 3.8) is 0 Å². The molecule has 1 fully saturated rings. The number of amides is 2. The minimum absolute atomic E-state index is 0.0377. The predicted molar refractivity (Wildman–Crippen MR) is 103 cm³/mol. The van der Waals surface area contributed by atoms with Crippen LogP contribution in [0.25, 0.3) is 0 Å². The van der Waals surface area contributed by atoms with E-state index in [9.17, 15) is 9.59 Å². The fourth-order valence-electron chi connectivity index (χ4n) is 2.85. The molecule has 0 unspecified atom stereocenters. The Kier molecular flexibility index (Phi) is 6.28. The Labute approximate surface area is 158 Å². The first-order chi connectivity index (χ1) is 12.7. The summed E-state index contributed by atoms with van der Waals surface area (Å²) in [6.07, 6.45) is 4.49. The fraction of sp³-hybridized carbons (Fsp3) is 0.350. The average molecular weight is 369 g/mol. The highest BCUT2D eigenvalue weighted by Gasteiger charge is 2.25. The molecule has 2 amide bonds. The minimum atomic E-state index is -0.0377. The van der Waals surface area contributed by atoms with Gasteiger partial charge in [-0.25, -0.2) is 0 Å². The molecule has 1 aliphatic heterocycles. The Hall–Kier alpha value is -2.34. The molecule has 6 heteroatoms.